The van der Waals surface area contributed by atoms with Gasteiger partial charge in [-0.25, -0.2) is 0 Å². The quantitative estimate of drug-likeness (QED) is 0.389. The van der Waals surface area contributed by atoms with Crippen LogP contribution >= 0.6 is 24.0 Å². The Morgan fingerprint density at radius 2 is 1.95 bits per heavy atom. The summed E-state index contributed by atoms with van der Waals surface area (Å²) >= 11 is 0. The van der Waals surface area contributed by atoms with Crippen molar-refractivity contribution in [3.8, 4) is 0 Å². The largest absolute Gasteiger partial charge is 0.357 e. The molecule has 0 amide bonds. The second kappa shape index (κ2) is 10.7. The van der Waals surface area contributed by atoms with E-state index in [2.05, 4.69) is 50.0 Å². The SMILES string of the molecule is CCCCN(C)C(=NCC(C)N(C)C1CC1)NCC.I. The Kier molecular flexibility index (Phi) is 10.6. The number of halogens is 1. The first-order chi connectivity index (χ1) is 9.10. The van der Waals surface area contributed by atoms with Crippen LogP contribution in [0.4, 0.5) is 0 Å². The number of aliphatic imine (C=N–C) groups is 1. The third-order valence-electron chi connectivity index (χ3n) is 3.87. The molecule has 120 valence electrons. The molecule has 1 rings (SSSR count). The predicted molar refractivity (Wildman–Crippen MR) is 99.2 cm³/mol. The lowest BCUT2D eigenvalue weighted by molar-refractivity contribution is 0.252. The molecule has 0 radical (unpaired) electrons. The van der Waals surface area contributed by atoms with Gasteiger partial charge in [-0.3, -0.25) is 9.89 Å². The molecule has 0 aromatic rings. The molecule has 0 aliphatic heterocycles. The van der Waals surface area contributed by atoms with Crippen LogP contribution in [0.15, 0.2) is 4.99 Å². The molecule has 20 heavy (non-hydrogen) atoms. The number of nitrogens with one attached hydrogen (secondary N) is 1. The molecule has 0 bridgehead atoms. The first-order valence-electron chi connectivity index (χ1n) is 7.81. The van der Waals surface area contributed by atoms with Gasteiger partial charge in [0.15, 0.2) is 5.96 Å². The van der Waals surface area contributed by atoms with Gasteiger partial charge in [-0.1, -0.05) is 13.3 Å². The van der Waals surface area contributed by atoms with E-state index < -0.39 is 0 Å². The van der Waals surface area contributed by atoms with E-state index in [-0.39, 0.29) is 24.0 Å². The third kappa shape index (κ3) is 7.11. The Labute approximate surface area is 142 Å². The molecule has 0 saturated heterocycles. The molecule has 0 aromatic carbocycles. The first kappa shape index (κ1) is 20.0. The molecule has 0 aromatic heterocycles. The van der Waals surface area contributed by atoms with E-state index in [4.69, 9.17) is 4.99 Å². The van der Waals surface area contributed by atoms with Crippen molar-refractivity contribution in [3.05, 3.63) is 0 Å². The summed E-state index contributed by atoms with van der Waals surface area (Å²) in [6, 6.07) is 1.34. The average molecular weight is 396 g/mol. The number of nitrogens with zero attached hydrogens (tertiary/aromatic N) is 3. The van der Waals surface area contributed by atoms with Crippen LogP contribution in [0.2, 0.25) is 0 Å². The number of hydrogen-bond donors (Lipinski definition) is 1. The van der Waals surface area contributed by atoms with Gasteiger partial charge in [0.1, 0.15) is 0 Å². The van der Waals surface area contributed by atoms with Crippen molar-refractivity contribution >= 4 is 29.9 Å². The number of hydrogen-bond acceptors (Lipinski definition) is 2. The van der Waals surface area contributed by atoms with Gasteiger partial charge >= 0.3 is 0 Å². The van der Waals surface area contributed by atoms with Crippen LogP contribution in [0.5, 0.6) is 0 Å². The van der Waals surface area contributed by atoms with Gasteiger partial charge in [0, 0.05) is 32.2 Å². The molecule has 1 aliphatic carbocycles. The Hall–Kier alpha value is -0.0400. The van der Waals surface area contributed by atoms with Gasteiger partial charge < -0.3 is 10.2 Å². The molecule has 1 unspecified atom stereocenters. The third-order valence-corrected chi connectivity index (χ3v) is 3.87. The highest BCUT2D eigenvalue weighted by molar-refractivity contribution is 14.0. The number of guanidine groups is 1. The van der Waals surface area contributed by atoms with Gasteiger partial charge in [0.05, 0.1) is 6.54 Å². The fraction of sp³-hybridized carbons (Fsp3) is 0.933. The van der Waals surface area contributed by atoms with Crippen molar-refractivity contribution in [3.63, 3.8) is 0 Å². The highest BCUT2D eigenvalue weighted by atomic mass is 127. The van der Waals surface area contributed by atoms with Crippen LogP contribution in [0, 0.1) is 0 Å². The van der Waals surface area contributed by atoms with Crippen molar-refractivity contribution in [2.75, 3.05) is 33.7 Å². The van der Waals surface area contributed by atoms with Gasteiger partial charge in [-0.15, -0.1) is 24.0 Å². The molecule has 1 aliphatic rings. The molecule has 1 fully saturated rings. The molecule has 0 heterocycles. The minimum absolute atomic E-state index is 0. The summed E-state index contributed by atoms with van der Waals surface area (Å²) in [6.45, 7) is 9.52. The minimum atomic E-state index is 0. The summed E-state index contributed by atoms with van der Waals surface area (Å²) in [6.07, 6.45) is 5.17. The molecular weight excluding hydrogens is 363 g/mol. The molecule has 4 nitrogen and oxygen atoms in total. The maximum Gasteiger partial charge on any atom is 0.193 e. The average Bonchev–Trinajstić information content (AvgIpc) is 3.23. The highest BCUT2D eigenvalue weighted by Crippen LogP contribution is 2.26. The topological polar surface area (TPSA) is 30.9 Å². The Morgan fingerprint density at radius 3 is 2.45 bits per heavy atom. The van der Waals surface area contributed by atoms with E-state index in [1.165, 1.54) is 25.7 Å². The second-order valence-corrected chi connectivity index (χ2v) is 5.72. The van der Waals surface area contributed by atoms with Crippen molar-refractivity contribution in [2.24, 2.45) is 4.99 Å². The van der Waals surface area contributed by atoms with Crippen LogP contribution in [-0.2, 0) is 0 Å². The minimum Gasteiger partial charge on any atom is -0.357 e. The second-order valence-electron chi connectivity index (χ2n) is 5.72. The molecule has 5 heteroatoms. The fourth-order valence-corrected chi connectivity index (χ4v) is 2.16. The zero-order valence-electron chi connectivity index (χ0n) is 13.9. The van der Waals surface area contributed by atoms with E-state index in [1.807, 2.05) is 0 Å². The van der Waals surface area contributed by atoms with Crippen LogP contribution in [0.25, 0.3) is 0 Å². The normalized spacial score (nSPS) is 16.8. The standard InChI is InChI=1S/C15H32N4.HI/c1-6-8-11-18(4)15(16-7-2)17-12-13(3)19(5)14-9-10-14;/h13-14H,6-12H2,1-5H3,(H,16,17);1H. The summed E-state index contributed by atoms with van der Waals surface area (Å²) in [5.41, 5.74) is 0. The maximum atomic E-state index is 4.79. The lowest BCUT2D eigenvalue weighted by atomic mass is 10.3. The van der Waals surface area contributed by atoms with Crippen LogP contribution in [0.1, 0.15) is 46.5 Å². The Bertz CT molecular complexity index is 279. The zero-order valence-corrected chi connectivity index (χ0v) is 16.2. The van der Waals surface area contributed by atoms with E-state index in [1.54, 1.807) is 0 Å². The van der Waals surface area contributed by atoms with E-state index in [0.717, 1.165) is 31.6 Å². The monoisotopic (exact) mass is 396 g/mol. The Morgan fingerprint density at radius 1 is 1.30 bits per heavy atom. The van der Waals surface area contributed by atoms with Crippen molar-refractivity contribution in [1.82, 2.24) is 15.1 Å². The Balaban J connectivity index is 0.00000361. The first-order valence-corrected chi connectivity index (χ1v) is 7.81. The van der Waals surface area contributed by atoms with Gasteiger partial charge in [0.2, 0.25) is 0 Å². The van der Waals surface area contributed by atoms with Crippen LogP contribution in [-0.4, -0.2) is 61.6 Å². The summed E-state index contributed by atoms with van der Waals surface area (Å²) in [5, 5.41) is 3.39. The van der Waals surface area contributed by atoms with Gasteiger partial charge in [0.25, 0.3) is 0 Å². The summed E-state index contributed by atoms with van der Waals surface area (Å²) in [5.74, 6) is 1.05. The predicted octanol–water partition coefficient (Wildman–Crippen LogP) is 2.78. The molecule has 0 spiro atoms. The summed E-state index contributed by atoms with van der Waals surface area (Å²) in [4.78, 5) is 9.51. The zero-order chi connectivity index (χ0) is 14.3. The lowest BCUT2D eigenvalue weighted by Crippen LogP contribution is -2.41. The van der Waals surface area contributed by atoms with Crippen molar-refractivity contribution in [1.29, 1.82) is 0 Å². The smallest absolute Gasteiger partial charge is 0.193 e. The van der Waals surface area contributed by atoms with Crippen LogP contribution < -0.4 is 5.32 Å². The lowest BCUT2D eigenvalue weighted by Gasteiger charge is -2.25. The van der Waals surface area contributed by atoms with E-state index >= 15 is 0 Å². The van der Waals surface area contributed by atoms with Gasteiger partial charge in [-0.05, 0) is 40.2 Å². The van der Waals surface area contributed by atoms with Crippen LogP contribution in [0.3, 0.4) is 0 Å². The highest BCUT2D eigenvalue weighted by Gasteiger charge is 2.28. The molecule has 1 atom stereocenters. The summed E-state index contributed by atoms with van der Waals surface area (Å²) < 4.78 is 0. The molecule has 1 N–H and O–H groups in total. The van der Waals surface area contributed by atoms with Crippen molar-refractivity contribution in [2.45, 2.75) is 58.5 Å². The van der Waals surface area contributed by atoms with Gasteiger partial charge in [-0.2, -0.15) is 0 Å². The molecular formula is C15H33IN4. The molecule has 1 saturated carbocycles. The number of unbranched alkanes of at least 4 members (excludes halogenated alkanes) is 1. The maximum absolute atomic E-state index is 4.79. The van der Waals surface area contributed by atoms with E-state index in [9.17, 15) is 0 Å². The van der Waals surface area contributed by atoms with E-state index in [0.29, 0.717) is 6.04 Å². The number of likely N-dealkylation sites (N-methyl/N-ethyl adjacent to an activating group) is 1. The summed E-state index contributed by atoms with van der Waals surface area (Å²) in [7, 11) is 4.36. The number of rotatable bonds is 8. The van der Waals surface area contributed by atoms with Crippen molar-refractivity contribution < 1.29 is 0 Å². The fourth-order valence-electron chi connectivity index (χ4n) is 2.16.